The number of aromatic nitrogens is 2. The standard InChI is InChI=1S/C27H25ClF3N3O2/c1-4-5-8-20-18(11-9-16(2)24-19(28)7-6-13-32-24)25-26(22(33-20)15-35-3)36-23-14-17(27(29,30)31)10-12-21(23)34-25/h6-14,34H,4-5,15H2,1-3H3/b16-9+,18-11+,20-8-. The predicted octanol–water partition coefficient (Wildman–Crippen LogP) is 6.61. The Labute approximate surface area is 212 Å². The molecule has 1 N–H and O–H groups in total. The van der Waals surface area contributed by atoms with Gasteiger partial charge in [-0.15, -0.1) is 0 Å². The smallest absolute Gasteiger partial charge is 0.416 e. The first-order chi connectivity index (χ1) is 17.2. The van der Waals surface area contributed by atoms with E-state index >= 15 is 0 Å². The summed E-state index contributed by atoms with van der Waals surface area (Å²) in [6.07, 6.45) is 4.68. The fourth-order valence-electron chi connectivity index (χ4n) is 3.82. The number of unbranched alkanes of at least 4 members (excludes halogenated alkanes) is 1. The SMILES string of the molecule is CCC\C=c1/nc(COC)c2c(/c1=C/C=C(\C)c1ncccc1Cl)Nc1ccc(C(F)(F)F)cc1O2. The number of ether oxygens (including phenoxy) is 2. The lowest BCUT2D eigenvalue weighted by atomic mass is 10.1. The van der Waals surface area contributed by atoms with Gasteiger partial charge in [-0.3, -0.25) is 4.98 Å². The fourth-order valence-corrected chi connectivity index (χ4v) is 4.09. The highest BCUT2D eigenvalue weighted by molar-refractivity contribution is 6.32. The molecule has 0 aliphatic carbocycles. The van der Waals surface area contributed by atoms with Crippen molar-refractivity contribution in [3.63, 3.8) is 0 Å². The number of hydrogen-bond donors (Lipinski definition) is 1. The summed E-state index contributed by atoms with van der Waals surface area (Å²) in [5.74, 6) is 0.394. The van der Waals surface area contributed by atoms with Gasteiger partial charge in [0.2, 0.25) is 0 Å². The number of anilines is 2. The van der Waals surface area contributed by atoms with Crippen LogP contribution in [0.1, 0.15) is 43.6 Å². The molecule has 0 fully saturated rings. The number of pyridine rings is 2. The van der Waals surface area contributed by atoms with Gasteiger partial charge in [-0.1, -0.05) is 43.2 Å². The highest BCUT2D eigenvalue weighted by Crippen LogP contribution is 2.44. The van der Waals surface area contributed by atoms with Gasteiger partial charge in [-0.05, 0) is 49.2 Å². The van der Waals surface area contributed by atoms with Gasteiger partial charge in [-0.2, -0.15) is 13.2 Å². The van der Waals surface area contributed by atoms with Gasteiger partial charge in [0, 0.05) is 18.5 Å². The monoisotopic (exact) mass is 515 g/mol. The van der Waals surface area contributed by atoms with Crippen LogP contribution in [0.5, 0.6) is 11.5 Å². The third kappa shape index (κ3) is 5.39. The Morgan fingerprint density at radius 1 is 1.25 bits per heavy atom. The maximum atomic E-state index is 13.3. The third-order valence-corrected chi connectivity index (χ3v) is 5.91. The van der Waals surface area contributed by atoms with Crippen LogP contribution >= 0.6 is 11.6 Å². The summed E-state index contributed by atoms with van der Waals surface area (Å²) in [6.45, 7) is 4.10. The van der Waals surface area contributed by atoms with Crippen LogP contribution in [0.3, 0.4) is 0 Å². The van der Waals surface area contributed by atoms with Crippen molar-refractivity contribution in [2.24, 2.45) is 0 Å². The van der Waals surface area contributed by atoms with Crippen LogP contribution in [-0.2, 0) is 17.5 Å². The molecule has 0 atom stereocenters. The van der Waals surface area contributed by atoms with Crippen molar-refractivity contribution in [2.75, 3.05) is 12.4 Å². The maximum Gasteiger partial charge on any atom is 0.416 e. The van der Waals surface area contributed by atoms with Gasteiger partial charge in [0.15, 0.2) is 11.5 Å². The topological polar surface area (TPSA) is 56.3 Å². The second-order valence-corrected chi connectivity index (χ2v) is 8.68. The maximum absolute atomic E-state index is 13.3. The molecule has 188 valence electrons. The molecule has 2 aromatic heterocycles. The van der Waals surface area contributed by atoms with E-state index in [1.165, 1.54) is 13.2 Å². The minimum atomic E-state index is -4.49. The number of benzene rings is 1. The molecule has 0 saturated carbocycles. The molecule has 1 aliphatic rings. The number of allylic oxidation sites excluding steroid dienone is 2. The van der Waals surface area contributed by atoms with Gasteiger partial charge in [0.25, 0.3) is 0 Å². The Morgan fingerprint density at radius 3 is 2.75 bits per heavy atom. The highest BCUT2D eigenvalue weighted by atomic mass is 35.5. The molecule has 36 heavy (non-hydrogen) atoms. The second-order valence-electron chi connectivity index (χ2n) is 8.27. The molecular weight excluding hydrogens is 491 g/mol. The van der Waals surface area contributed by atoms with Crippen molar-refractivity contribution in [3.05, 3.63) is 75.1 Å². The van der Waals surface area contributed by atoms with Crippen molar-refractivity contribution in [3.8, 4) is 11.5 Å². The third-order valence-electron chi connectivity index (χ3n) is 5.61. The van der Waals surface area contributed by atoms with E-state index in [4.69, 9.17) is 26.1 Å². The lowest BCUT2D eigenvalue weighted by Crippen LogP contribution is -2.33. The Hall–Kier alpha value is -3.36. The quantitative estimate of drug-likeness (QED) is 0.313. The predicted molar refractivity (Wildman–Crippen MR) is 136 cm³/mol. The summed E-state index contributed by atoms with van der Waals surface area (Å²) in [4.78, 5) is 9.11. The molecule has 3 heterocycles. The number of methoxy groups -OCH3 is 1. The number of nitrogens with one attached hydrogen (secondary N) is 1. The van der Waals surface area contributed by atoms with Crippen molar-refractivity contribution in [2.45, 2.75) is 39.5 Å². The molecule has 0 amide bonds. The molecular formula is C27H25ClF3N3O2. The number of fused-ring (bicyclic) bond motifs is 2. The number of alkyl halides is 3. The number of halogens is 4. The molecule has 0 bridgehead atoms. The van der Waals surface area contributed by atoms with E-state index in [-0.39, 0.29) is 12.4 Å². The average molecular weight is 516 g/mol. The summed E-state index contributed by atoms with van der Waals surface area (Å²) < 4.78 is 51.2. The summed E-state index contributed by atoms with van der Waals surface area (Å²) >= 11 is 6.31. The van der Waals surface area contributed by atoms with Crippen molar-refractivity contribution in [1.29, 1.82) is 0 Å². The zero-order valence-corrected chi connectivity index (χ0v) is 20.8. The lowest BCUT2D eigenvalue weighted by Gasteiger charge is -2.25. The van der Waals surface area contributed by atoms with Crippen LogP contribution < -0.4 is 20.6 Å². The van der Waals surface area contributed by atoms with Gasteiger partial charge in [0.1, 0.15) is 5.69 Å². The molecule has 0 radical (unpaired) electrons. The summed E-state index contributed by atoms with van der Waals surface area (Å²) in [6, 6.07) is 6.91. The zero-order chi connectivity index (χ0) is 25.9. The zero-order valence-electron chi connectivity index (χ0n) is 20.0. The first-order valence-electron chi connectivity index (χ1n) is 11.4. The van der Waals surface area contributed by atoms with E-state index in [0.717, 1.165) is 35.8 Å². The van der Waals surface area contributed by atoms with Crippen molar-refractivity contribution in [1.82, 2.24) is 9.97 Å². The Balaban J connectivity index is 1.92. The summed E-state index contributed by atoms with van der Waals surface area (Å²) in [7, 11) is 1.53. The molecule has 9 heteroatoms. The Morgan fingerprint density at radius 2 is 2.06 bits per heavy atom. The Bertz CT molecular complexity index is 1440. The summed E-state index contributed by atoms with van der Waals surface area (Å²) in [5, 5.41) is 5.24. The fraction of sp³-hybridized carbons (Fsp3) is 0.259. The molecule has 1 aromatic carbocycles. The molecule has 0 saturated heterocycles. The first-order valence-corrected chi connectivity index (χ1v) is 11.8. The van der Waals surface area contributed by atoms with E-state index in [1.54, 1.807) is 18.3 Å². The van der Waals surface area contributed by atoms with Crippen LogP contribution in [-0.4, -0.2) is 17.1 Å². The van der Waals surface area contributed by atoms with E-state index in [1.807, 2.05) is 25.2 Å². The Kier molecular flexibility index (Phi) is 7.66. The molecule has 1 aliphatic heterocycles. The summed E-state index contributed by atoms with van der Waals surface area (Å²) in [5.41, 5.74) is 2.21. The van der Waals surface area contributed by atoms with Gasteiger partial charge in [-0.25, -0.2) is 4.98 Å². The van der Waals surface area contributed by atoms with Crippen LogP contribution in [0, 0.1) is 0 Å². The minimum absolute atomic E-state index is 0.0692. The molecule has 5 nitrogen and oxygen atoms in total. The van der Waals surface area contributed by atoms with Gasteiger partial charge < -0.3 is 14.8 Å². The normalized spacial score (nSPS) is 14.2. The molecule has 3 aromatic rings. The second kappa shape index (κ2) is 10.7. The largest absolute Gasteiger partial charge is 0.451 e. The van der Waals surface area contributed by atoms with Crippen LogP contribution in [0.25, 0.3) is 17.7 Å². The van der Waals surface area contributed by atoms with E-state index in [0.29, 0.717) is 38.9 Å². The first kappa shape index (κ1) is 25.7. The van der Waals surface area contributed by atoms with Crippen molar-refractivity contribution >= 4 is 40.7 Å². The molecule has 0 spiro atoms. The van der Waals surface area contributed by atoms with Crippen molar-refractivity contribution < 1.29 is 22.6 Å². The van der Waals surface area contributed by atoms with Crippen LogP contribution in [0.2, 0.25) is 5.02 Å². The van der Waals surface area contributed by atoms with E-state index in [9.17, 15) is 13.2 Å². The van der Waals surface area contributed by atoms with E-state index < -0.39 is 11.7 Å². The minimum Gasteiger partial charge on any atom is -0.451 e. The highest BCUT2D eigenvalue weighted by Gasteiger charge is 2.33. The molecule has 4 rings (SSSR count). The van der Waals surface area contributed by atoms with Gasteiger partial charge >= 0.3 is 6.18 Å². The lowest BCUT2D eigenvalue weighted by molar-refractivity contribution is -0.137. The van der Waals surface area contributed by atoms with Crippen LogP contribution in [0.4, 0.5) is 24.5 Å². The number of nitrogens with zero attached hydrogens (tertiary/aromatic N) is 2. The van der Waals surface area contributed by atoms with Gasteiger partial charge in [0.05, 0.1) is 39.6 Å². The number of hydrogen-bond acceptors (Lipinski definition) is 5. The average Bonchev–Trinajstić information content (AvgIpc) is 2.85. The number of rotatable bonds is 6. The van der Waals surface area contributed by atoms with E-state index in [2.05, 4.69) is 17.2 Å². The molecule has 0 unspecified atom stereocenters. The van der Waals surface area contributed by atoms with Crippen LogP contribution in [0.15, 0.2) is 42.6 Å².